The summed E-state index contributed by atoms with van der Waals surface area (Å²) in [5.74, 6) is 0.467. The molecule has 0 fully saturated rings. The monoisotopic (exact) mass is 419 g/mol. The number of benzene rings is 2. The van der Waals surface area contributed by atoms with E-state index in [0.717, 1.165) is 5.56 Å². The highest BCUT2D eigenvalue weighted by Gasteiger charge is 2.13. The quantitative estimate of drug-likeness (QED) is 0.496. The van der Waals surface area contributed by atoms with Gasteiger partial charge in [-0.05, 0) is 29.8 Å². The Hall–Kier alpha value is -3.19. The molecule has 1 N–H and O–H groups in total. The molecule has 29 heavy (non-hydrogen) atoms. The molecule has 1 amide bonds. The van der Waals surface area contributed by atoms with E-state index in [1.54, 1.807) is 42.5 Å². The number of esters is 1. The van der Waals surface area contributed by atoms with Gasteiger partial charge in [0.25, 0.3) is 5.91 Å². The third-order valence-electron chi connectivity index (χ3n) is 3.87. The molecule has 2 rings (SSSR count). The summed E-state index contributed by atoms with van der Waals surface area (Å²) in [5.41, 5.74) is 1.44. The van der Waals surface area contributed by atoms with E-state index in [4.69, 9.17) is 30.5 Å². The summed E-state index contributed by atoms with van der Waals surface area (Å²) in [4.78, 5) is 23.8. The predicted octanol–water partition coefficient (Wildman–Crippen LogP) is 3.24. The van der Waals surface area contributed by atoms with Crippen molar-refractivity contribution in [3.8, 4) is 17.2 Å². The number of hydrogen-bond acceptors (Lipinski definition) is 6. The average Bonchev–Trinajstić information content (AvgIpc) is 2.74. The van der Waals surface area contributed by atoms with Crippen molar-refractivity contribution < 1.29 is 28.5 Å². The van der Waals surface area contributed by atoms with E-state index in [0.29, 0.717) is 27.8 Å². The highest BCUT2D eigenvalue weighted by atomic mass is 35.5. The molecule has 2 aromatic rings. The molecule has 0 aliphatic carbocycles. The first-order valence-corrected chi connectivity index (χ1v) is 9.00. The Labute approximate surface area is 174 Å². The summed E-state index contributed by atoms with van der Waals surface area (Å²) in [5, 5.41) is 3.23. The van der Waals surface area contributed by atoms with Crippen LogP contribution in [0.1, 0.15) is 11.1 Å². The maximum absolute atomic E-state index is 12.0. The van der Waals surface area contributed by atoms with Crippen molar-refractivity contribution in [2.75, 3.05) is 27.9 Å². The van der Waals surface area contributed by atoms with Gasteiger partial charge in [0.15, 0.2) is 18.1 Å². The van der Waals surface area contributed by atoms with E-state index >= 15 is 0 Å². The van der Waals surface area contributed by atoms with Crippen LogP contribution in [0.25, 0.3) is 6.08 Å². The molecule has 0 saturated carbocycles. The molecule has 0 radical (unpaired) electrons. The maximum Gasteiger partial charge on any atom is 0.331 e. The number of nitrogens with one attached hydrogen (secondary N) is 1. The van der Waals surface area contributed by atoms with Crippen molar-refractivity contribution in [3.63, 3.8) is 0 Å². The standard InChI is InChI=1S/C21H22ClNO6/c1-26-17-11-19(28-3)18(27-2)10-15(17)12-23-20(24)13-29-21(25)8-7-14-5-4-6-16(22)9-14/h4-11H,12-13H2,1-3H3,(H,23,24)/b8-7+. The van der Waals surface area contributed by atoms with Gasteiger partial charge in [0.1, 0.15) is 5.75 Å². The second kappa shape index (κ2) is 11.0. The van der Waals surface area contributed by atoms with Gasteiger partial charge in [0, 0.05) is 29.3 Å². The zero-order valence-electron chi connectivity index (χ0n) is 16.4. The van der Waals surface area contributed by atoms with Crippen LogP contribution in [0.3, 0.4) is 0 Å². The lowest BCUT2D eigenvalue weighted by atomic mass is 10.1. The number of halogens is 1. The summed E-state index contributed by atoms with van der Waals surface area (Å²) in [6.45, 7) is -0.243. The van der Waals surface area contributed by atoms with E-state index < -0.39 is 18.5 Å². The molecule has 0 aliphatic rings. The summed E-state index contributed by atoms with van der Waals surface area (Å²) in [6.07, 6.45) is 2.79. The fraction of sp³-hybridized carbons (Fsp3) is 0.238. The molecule has 0 atom stereocenters. The fourth-order valence-corrected chi connectivity index (χ4v) is 2.63. The van der Waals surface area contributed by atoms with Crippen molar-refractivity contribution in [2.24, 2.45) is 0 Å². The molecule has 7 nitrogen and oxygen atoms in total. The third kappa shape index (κ3) is 6.73. The number of carbonyl (C=O) groups excluding carboxylic acids is 2. The minimum atomic E-state index is -0.635. The highest BCUT2D eigenvalue weighted by molar-refractivity contribution is 6.30. The van der Waals surface area contributed by atoms with Gasteiger partial charge in [0.2, 0.25) is 0 Å². The normalized spacial score (nSPS) is 10.5. The van der Waals surface area contributed by atoms with Crippen LogP contribution >= 0.6 is 11.6 Å². The van der Waals surface area contributed by atoms with E-state index in [1.807, 2.05) is 0 Å². The number of hydrogen-bond donors (Lipinski definition) is 1. The minimum Gasteiger partial charge on any atom is -0.496 e. The van der Waals surface area contributed by atoms with Crippen LogP contribution in [0, 0.1) is 0 Å². The largest absolute Gasteiger partial charge is 0.496 e. The second-order valence-corrected chi connectivity index (χ2v) is 6.23. The van der Waals surface area contributed by atoms with Gasteiger partial charge in [-0.3, -0.25) is 4.79 Å². The van der Waals surface area contributed by atoms with E-state index in [9.17, 15) is 9.59 Å². The Morgan fingerprint density at radius 1 is 1.00 bits per heavy atom. The number of amides is 1. The highest BCUT2D eigenvalue weighted by Crippen LogP contribution is 2.34. The van der Waals surface area contributed by atoms with Gasteiger partial charge in [0.05, 0.1) is 21.3 Å². The van der Waals surface area contributed by atoms with Gasteiger partial charge in [-0.2, -0.15) is 0 Å². The average molecular weight is 420 g/mol. The van der Waals surface area contributed by atoms with Crippen LogP contribution in [0.2, 0.25) is 5.02 Å². The van der Waals surface area contributed by atoms with Crippen LogP contribution in [0.15, 0.2) is 42.5 Å². The summed E-state index contributed by atoms with van der Waals surface area (Å²) in [6, 6.07) is 10.4. The number of carbonyl (C=O) groups is 2. The molecular weight excluding hydrogens is 398 g/mol. The topological polar surface area (TPSA) is 83.1 Å². The first-order valence-electron chi connectivity index (χ1n) is 8.62. The minimum absolute atomic E-state index is 0.165. The Bertz CT molecular complexity index is 897. The summed E-state index contributed by atoms with van der Waals surface area (Å²) in [7, 11) is 4.55. The van der Waals surface area contributed by atoms with Crippen molar-refractivity contribution in [2.45, 2.75) is 6.54 Å². The molecule has 2 aromatic carbocycles. The second-order valence-electron chi connectivity index (χ2n) is 5.79. The van der Waals surface area contributed by atoms with Crippen molar-refractivity contribution in [3.05, 3.63) is 58.6 Å². The van der Waals surface area contributed by atoms with E-state index in [1.165, 1.54) is 27.4 Å². The van der Waals surface area contributed by atoms with Crippen LogP contribution in [0.4, 0.5) is 0 Å². The smallest absolute Gasteiger partial charge is 0.331 e. The Morgan fingerprint density at radius 2 is 1.69 bits per heavy atom. The van der Waals surface area contributed by atoms with Crippen molar-refractivity contribution in [1.82, 2.24) is 5.32 Å². The van der Waals surface area contributed by atoms with Crippen molar-refractivity contribution in [1.29, 1.82) is 0 Å². The van der Waals surface area contributed by atoms with Gasteiger partial charge >= 0.3 is 5.97 Å². The fourth-order valence-electron chi connectivity index (χ4n) is 2.43. The molecule has 0 heterocycles. The molecule has 0 aromatic heterocycles. The third-order valence-corrected chi connectivity index (χ3v) is 4.10. The van der Waals surface area contributed by atoms with Gasteiger partial charge in [-0.25, -0.2) is 4.79 Å². The lowest BCUT2D eigenvalue weighted by Crippen LogP contribution is -2.28. The lowest BCUT2D eigenvalue weighted by Gasteiger charge is -2.14. The van der Waals surface area contributed by atoms with Gasteiger partial charge in [-0.1, -0.05) is 23.7 Å². The zero-order valence-corrected chi connectivity index (χ0v) is 17.1. The summed E-state index contributed by atoms with van der Waals surface area (Å²) < 4.78 is 20.7. The van der Waals surface area contributed by atoms with E-state index in [2.05, 4.69) is 5.32 Å². The maximum atomic E-state index is 12.0. The summed E-state index contributed by atoms with van der Waals surface area (Å²) >= 11 is 5.88. The SMILES string of the molecule is COc1cc(OC)c(OC)cc1CNC(=O)COC(=O)/C=C/c1cccc(Cl)c1. The molecule has 0 bridgehead atoms. The van der Waals surface area contributed by atoms with Gasteiger partial charge < -0.3 is 24.3 Å². The van der Waals surface area contributed by atoms with Gasteiger partial charge in [-0.15, -0.1) is 0 Å². The molecule has 0 aliphatic heterocycles. The molecular formula is C21H22ClNO6. The molecule has 154 valence electrons. The molecule has 0 spiro atoms. The number of ether oxygens (including phenoxy) is 4. The number of rotatable bonds is 9. The first kappa shape index (κ1) is 22.1. The molecule has 8 heteroatoms. The van der Waals surface area contributed by atoms with Crippen molar-refractivity contribution >= 4 is 29.6 Å². The number of methoxy groups -OCH3 is 3. The Morgan fingerprint density at radius 3 is 2.34 bits per heavy atom. The van der Waals surface area contributed by atoms with Crippen LogP contribution < -0.4 is 19.5 Å². The Kier molecular flexibility index (Phi) is 8.36. The predicted molar refractivity (Wildman–Crippen MR) is 109 cm³/mol. The van der Waals surface area contributed by atoms with Crippen LogP contribution in [-0.2, 0) is 20.9 Å². The van der Waals surface area contributed by atoms with Crippen LogP contribution in [0.5, 0.6) is 17.2 Å². The van der Waals surface area contributed by atoms with E-state index in [-0.39, 0.29) is 6.54 Å². The Balaban J connectivity index is 1.87. The molecule has 0 saturated heterocycles. The van der Waals surface area contributed by atoms with Crippen LogP contribution in [-0.4, -0.2) is 39.8 Å². The molecule has 0 unspecified atom stereocenters. The first-order chi connectivity index (χ1) is 14.0. The zero-order chi connectivity index (χ0) is 21.2. The lowest BCUT2D eigenvalue weighted by molar-refractivity contribution is -0.143.